The summed E-state index contributed by atoms with van der Waals surface area (Å²) in [7, 11) is 3.45. The van der Waals surface area contributed by atoms with E-state index < -0.39 is 0 Å². The van der Waals surface area contributed by atoms with Crippen LogP contribution in [-0.4, -0.2) is 48.0 Å². The first-order valence-corrected chi connectivity index (χ1v) is 8.22. The molecule has 1 saturated heterocycles. The van der Waals surface area contributed by atoms with E-state index in [0.717, 1.165) is 18.9 Å². The normalized spacial score (nSPS) is 19.3. The third-order valence-electron chi connectivity index (χ3n) is 4.72. The van der Waals surface area contributed by atoms with Gasteiger partial charge in [-0.2, -0.15) is 0 Å². The van der Waals surface area contributed by atoms with Crippen LogP contribution in [-0.2, 0) is 0 Å². The van der Waals surface area contributed by atoms with Gasteiger partial charge in [0.15, 0.2) is 0 Å². The Bertz CT molecular complexity index is 727. The zero-order valence-electron chi connectivity index (χ0n) is 14.7. The van der Waals surface area contributed by atoms with Crippen LogP contribution in [0.1, 0.15) is 35.8 Å². The number of hydrogen-bond acceptors (Lipinski definition) is 4. The van der Waals surface area contributed by atoms with Crippen molar-refractivity contribution in [2.45, 2.75) is 19.8 Å². The van der Waals surface area contributed by atoms with Crippen LogP contribution in [0.3, 0.4) is 0 Å². The molecule has 5 nitrogen and oxygen atoms in total. The number of rotatable bonds is 3. The first kappa shape index (κ1) is 16.4. The van der Waals surface area contributed by atoms with E-state index in [1.54, 1.807) is 20.3 Å². The van der Waals surface area contributed by atoms with Crippen molar-refractivity contribution in [3.63, 3.8) is 0 Å². The van der Waals surface area contributed by atoms with Gasteiger partial charge in [0.25, 0.3) is 5.91 Å². The molecule has 2 heterocycles. The van der Waals surface area contributed by atoms with Crippen molar-refractivity contribution < 1.29 is 4.79 Å². The van der Waals surface area contributed by atoms with Crippen molar-refractivity contribution in [3.05, 3.63) is 54.0 Å². The van der Waals surface area contributed by atoms with E-state index in [1.165, 1.54) is 16.7 Å². The van der Waals surface area contributed by atoms with Crippen LogP contribution in [0.25, 0.3) is 0 Å². The average Bonchev–Trinajstić information content (AvgIpc) is 2.90. The second kappa shape index (κ2) is 6.23. The van der Waals surface area contributed by atoms with Gasteiger partial charge in [0.2, 0.25) is 0 Å². The Morgan fingerprint density at radius 3 is 2.58 bits per heavy atom. The van der Waals surface area contributed by atoms with E-state index in [0.29, 0.717) is 11.6 Å². The van der Waals surface area contributed by atoms with Gasteiger partial charge in [0.1, 0.15) is 11.5 Å². The number of hydrogen-bond donors (Lipinski definition) is 0. The maximum absolute atomic E-state index is 12.1. The van der Waals surface area contributed by atoms with Crippen LogP contribution < -0.4 is 4.90 Å². The van der Waals surface area contributed by atoms with Crippen LogP contribution >= 0.6 is 0 Å². The summed E-state index contributed by atoms with van der Waals surface area (Å²) in [5.74, 6) is 1.07. The maximum Gasteiger partial charge on any atom is 0.273 e. The van der Waals surface area contributed by atoms with Gasteiger partial charge in [-0.15, -0.1) is 0 Å². The Kier molecular flexibility index (Phi) is 4.26. The molecule has 0 aliphatic carbocycles. The standard InChI is InChI=1S/C19H24N4O/c1-19(2)13-23(12-15(19)14-8-6-5-7-9-14)17-11-20-10-16(21-17)18(24)22(3)4/h5-11,15H,12-13H2,1-4H3/t15-/m0/s1. The number of benzene rings is 1. The number of anilines is 1. The van der Waals surface area contributed by atoms with Gasteiger partial charge < -0.3 is 9.80 Å². The molecule has 1 aromatic carbocycles. The molecule has 5 heteroatoms. The molecular weight excluding hydrogens is 300 g/mol. The van der Waals surface area contributed by atoms with Crippen LogP contribution in [0.2, 0.25) is 0 Å². The van der Waals surface area contributed by atoms with E-state index in [1.807, 2.05) is 6.07 Å². The molecule has 0 spiro atoms. The van der Waals surface area contributed by atoms with E-state index in [-0.39, 0.29) is 11.3 Å². The van der Waals surface area contributed by atoms with Gasteiger partial charge in [-0.25, -0.2) is 4.98 Å². The third-order valence-corrected chi connectivity index (χ3v) is 4.72. The minimum atomic E-state index is -0.123. The minimum absolute atomic E-state index is 0.123. The van der Waals surface area contributed by atoms with E-state index in [4.69, 9.17) is 0 Å². The summed E-state index contributed by atoms with van der Waals surface area (Å²) >= 11 is 0. The smallest absolute Gasteiger partial charge is 0.273 e. The molecule has 3 rings (SSSR count). The van der Waals surface area contributed by atoms with Crippen LogP contribution in [0.5, 0.6) is 0 Å². The fourth-order valence-electron chi connectivity index (χ4n) is 3.39. The molecule has 1 amide bonds. The summed E-state index contributed by atoms with van der Waals surface area (Å²) in [6.45, 7) is 6.34. The SMILES string of the molecule is CN(C)C(=O)c1cncc(N2C[C@@H](c3ccccc3)C(C)(C)C2)n1. The number of aromatic nitrogens is 2. The predicted octanol–water partition coefficient (Wildman–Crippen LogP) is 2.81. The van der Waals surface area contributed by atoms with Gasteiger partial charge in [-0.05, 0) is 11.0 Å². The molecule has 126 valence electrons. The number of amides is 1. The van der Waals surface area contributed by atoms with Gasteiger partial charge in [-0.3, -0.25) is 9.78 Å². The van der Waals surface area contributed by atoms with E-state index in [2.05, 4.69) is 53.0 Å². The summed E-state index contributed by atoms with van der Waals surface area (Å²) in [6, 6.07) is 10.6. The molecule has 2 aromatic rings. The number of carbonyl (C=O) groups excluding carboxylic acids is 1. The molecule has 24 heavy (non-hydrogen) atoms. The van der Waals surface area contributed by atoms with Crippen molar-refractivity contribution in [3.8, 4) is 0 Å². The summed E-state index contributed by atoms with van der Waals surface area (Å²) in [4.78, 5) is 24.7. The molecule has 1 atom stereocenters. The first-order valence-electron chi connectivity index (χ1n) is 8.22. The molecule has 0 unspecified atom stereocenters. The summed E-state index contributed by atoms with van der Waals surface area (Å²) < 4.78 is 0. The molecule has 1 aliphatic heterocycles. The Morgan fingerprint density at radius 1 is 1.21 bits per heavy atom. The Balaban J connectivity index is 1.87. The maximum atomic E-state index is 12.1. The van der Waals surface area contributed by atoms with Crippen molar-refractivity contribution in [2.75, 3.05) is 32.1 Å². The van der Waals surface area contributed by atoms with Crippen LogP contribution in [0, 0.1) is 5.41 Å². The van der Waals surface area contributed by atoms with Gasteiger partial charge in [-0.1, -0.05) is 44.2 Å². The highest BCUT2D eigenvalue weighted by molar-refractivity contribution is 5.91. The second-order valence-corrected chi connectivity index (χ2v) is 7.29. The lowest BCUT2D eigenvalue weighted by molar-refractivity contribution is 0.0821. The quantitative estimate of drug-likeness (QED) is 0.871. The zero-order valence-corrected chi connectivity index (χ0v) is 14.7. The highest BCUT2D eigenvalue weighted by atomic mass is 16.2. The average molecular weight is 324 g/mol. The van der Waals surface area contributed by atoms with E-state index >= 15 is 0 Å². The minimum Gasteiger partial charge on any atom is -0.354 e. The number of nitrogens with zero attached hydrogens (tertiary/aromatic N) is 4. The lowest BCUT2D eigenvalue weighted by atomic mass is 9.78. The molecular formula is C19H24N4O. The van der Waals surface area contributed by atoms with Crippen molar-refractivity contribution in [1.29, 1.82) is 0 Å². The van der Waals surface area contributed by atoms with Crippen molar-refractivity contribution in [2.24, 2.45) is 5.41 Å². The topological polar surface area (TPSA) is 49.3 Å². The molecule has 0 N–H and O–H groups in total. The molecule has 1 aromatic heterocycles. The van der Waals surface area contributed by atoms with Crippen molar-refractivity contribution >= 4 is 11.7 Å². The second-order valence-electron chi connectivity index (χ2n) is 7.29. The summed E-state index contributed by atoms with van der Waals surface area (Å²) in [5, 5.41) is 0. The van der Waals surface area contributed by atoms with Gasteiger partial charge >= 0.3 is 0 Å². The zero-order chi connectivity index (χ0) is 17.3. The van der Waals surface area contributed by atoms with Gasteiger partial charge in [0, 0.05) is 33.1 Å². The molecule has 1 aliphatic rings. The molecule has 1 fully saturated rings. The highest BCUT2D eigenvalue weighted by Crippen LogP contribution is 2.43. The molecule has 0 saturated carbocycles. The first-order chi connectivity index (χ1) is 11.4. The highest BCUT2D eigenvalue weighted by Gasteiger charge is 2.40. The largest absolute Gasteiger partial charge is 0.354 e. The van der Waals surface area contributed by atoms with Crippen LogP contribution in [0.4, 0.5) is 5.82 Å². The fourth-order valence-corrected chi connectivity index (χ4v) is 3.39. The fraction of sp³-hybridized carbons (Fsp3) is 0.421. The Morgan fingerprint density at radius 2 is 1.92 bits per heavy atom. The summed E-state index contributed by atoms with van der Waals surface area (Å²) in [6.07, 6.45) is 3.28. The number of carbonyl (C=O) groups is 1. The third kappa shape index (κ3) is 3.11. The van der Waals surface area contributed by atoms with E-state index in [9.17, 15) is 4.79 Å². The monoisotopic (exact) mass is 324 g/mol. The summed E-state index contributed by atoms with van der Waals surface area (Å²) in [5.41, 5.74) is 1.86. The van der Waals surface area contributed by atoms with Crippen LogP contribution in [0.15, 0.2) is 42.7 Å². The predicted molar refractivity (Wildman–Crippen MR) is 95.2 cm³/mol. The molecule has 0 radical (unpaired) electrons. The Hall–Kier alpha value is -2.43. The lowest BCUT2D eigenvalue weighted by Crippen LogP contribution is -2.26. The Labute approximate surface area is 143 Å². The lowest BCUT2D eigenvalue weighted by Gasteiger charge is -2.25. The van der Waals surface area contributed by atoms with Crippen molar-refractivity contribution in [1.82, 2.24) is 14.9 Å². The van der Waals surface area contributed by atoms with Gasteiger partial charge in [0.05, 0.1) is 12.4 Å². The molecule has 0 bridgehead atoms.